The van der Waals surface area contributed by atoms with Crippen LogP contribution >= 0.6 is 0 Å². The van der Waals surface area contributed by atoms with Crippen molar-refractivity contribution in [1.82, 2.24) is 5.32 Å². The fourth-order valence-corrected chi connectivity index (χ4v) is 2.46. The second-order valence-corrected chi connectivity index (χ2v) is 5.29. The van der Waals surface area contributed by atoms with Crippen molar-refractivity contribution in [2.45, 2.75) is 58.1 Å². The van der Waals surface area contributed by atoms with Crippen molar-refractivity contribution in [3.8, 4) is 0 Å². The van der Waals surface area contributed by atoms with Crippen molar-refractivity contribution in [2.24, 2.45) is 5.92 Å². The van der Waals surface area contributed by atoms with Gasteiger partial charge in [-0.15, -0.1) is 0 Å². The Morgan fingerprint density at radius 3 is 2.81 bits per heavy atom. The second-order valence-electron chi connectivity index (χ2n) is 5.29. The van der Waals surface area contributed by atoms with Crippen molar-refractivity contribution >= 4 is 0 Å². The van der Waals surface area contributed by atoms with Crippen LogP contribution in [0.2, 0.25) is 0 Å². The summed E-state index contributed by atoms with van der Waals surface area (Å²) in [6, 6.07) is 0. The Bertz CT molecular complexity index is 192. The van der Waals surface area contributed by atoms with E-state index in [4.69, 9.17) is 4.74 Å². The Labute approximate surface area is 99.6 Å². The molecule has 1 aliphatic heterocycles. The molecule has 2 N–H and O–H groups in total. The lowest BCUT2D eigenvalue weighted by molar-refractivity contribution is -0.0564. The van der Waals surface area contributed by atoms with Gasteiger partial charge in [-0.2, -0.15) is 0 Å². The van der Waals surface area contributed by atoms with E-state index in [2.05, 4.69) is 26.1 Å². The van der Waals surface area contributed by atoms with Gasteiger partial charge in [0.25, 0.3) is 0 Å². The Hall–Kier alpha value is -0.120. The summed E-state index contributed by atoms with van der Waals surface area (Å²) in [7, 11) is 0. The van der Waals surface area contributed by atoms with Gasteiger partial charge in [0.2, 0.25) is 0 Å². The minimum absolute atomic E-state index is 0.109. The Morgan fingerprint density at radius 1 is 1.50 bits per heavy atom. The van der Waals surface area contributed by atoms with Gasteiger partial charge in [0, 0.05) is 18.8 Å². The van der Waals surface area contributed by atoms with Crippen molar-refractivity contribution < 1.29 is 9.84 Å². The van der Waals surface area contributed by atoms with Gasteiger partial charge in [-0.1, -0.05) is 20.8 Å². The quantitative estimate of drug-likeness (QED) is 0.731. The topological polar surface area (TPSA) is 41.5 Å². The van der Waals surface area contributed by atoms with Crippen LogP contribution in [0.5, 0.6) is 0 Å². The number of hydrogen-bond donors (Lipinski definition) is 2. The fraction of sp³-hybridized carbons (Fsp3) is 1.00. The van der Waals surface area contributed by atoms with E-state index >= 15 is 0 Å². The Morgan fingerprint density at radius 2 is 2.25 bits per heavy atom. The molecule has 1 fully saturated rings. The summed E-state index contributed by atoms with van der Waals surface area (Å²) in [5, 5.41) is 12.9. The van der Waals surface area contributed by atoms with E-state index < -0.39 is 0 Å². The molecule has 0 aromatic heterocycles. The average Bonchev–Trinajstić information content (AvgIpc) is 2.27. The number of aliphatic hydroxyl groups excluding tert-OH is 1. The Balaban J connectivity index is 2.60. The average molecular weight is 229 g/mol. The van der Waals surface area contributed by atoms with Gasteiger partial charge in [0.1, 0.15) is 0 Å². The van der Waals surface area contributed by atoms with Crippen LogP contribution < -0.4 is 5.32 Å². The highest BCUT2D eigenvalue weighted by Gasteiger charge is 2.36. The lowest BCUT2D eigenvalue weighted by Gasteiger charge is -2.43. The van der Waals surface area contributed by atoms with Crippen molar-refractivity contribution in [3.63, 3.8) is 0 Å². The summed E-state index contributed by atoms with van der Waals surface area (Å²) in [6.07, 6.45) is 4.38. The normalized spacial score (nSPS) is 30.9. The highest BCUT2D eigenvalue weighted by molar-refractivity contribution is 4.93. The zero-order valence-electron chi connectivity index (χ0n) is 11.0. The lowest BCUT2D eigenvalue weighted by Crippen LogP contribution is -2.53. The molecule has 16 heavy (non-hydrogen) atoms. The molecule has 1 saturated heterocycles. The van der Waals surface area contributed by atoms with Gasteiger partial charge in [-0.25, -0.2) is 0 Å². The zero-order chi connectivity index (χ0) is 12.0. The predicted octanol–water partition coefficient (Wildman–Crippen LogP) is 1.94. The number of ether oxygens (including phenoxy) is 1. The minimum Gasteiger partial charge on any atom is -0.396 e. The predicted molar refractivity (Wildman–Crippen MR) is 66.5 cm³/mol. The first-order chi connectivity index (χ1) is 7.63. The molecule has 96 valence electrons. The minimum atomic E-state index is 0.109. The molecule has 2 unspecified atom stereocenters. The second kappa shape index (κ2) is 6.58. The maximum atomic E-state index is 9.23. The van der Waals surface area contributed by atoms with E-state index in [0.29, 0.717) is 12.0 Å². The van der Waals surface area contributed by atoms with Crippen molar-refractivity contribution in [1.29, 1.82) is 0 Å². The van der Waals surface area contributed by atoms with E-state index in [9.17, 15) is 5.11 Å². The van der Waals surface area contributed by atoms with Gasteiger partial charge in [-0.3, -0.25) is 0 Å². The van der Waals surface area contributed by atoms with Crippen molar-refractivity contribution in [3.05, 3.63) is 0 Å². The summed E-state index contributed by atoms with van der Waals surface area (Å²) in [5.74, 6) is 0.557. The SMILES string of the molecule is CCCNC1(CCO)CCOC(C(C)C)C1. The van der Waals surface area contributed by atoms with Crippen LogP contribution in [-0.4, -0.2) is 36.5 Å². The molecule has 2 atom stereocenters. The van der Waals surface area contributed by atoms with E-state index in [1.807, 2.05) is 0 Å². The summed E-state index contributed by atoms with van der Waals surface area (Å²) in [5.41, 5.74) is 0.109. The number of hydrogen-bond acceptors (Lipinski definition) is 3. The standard InChI is InChI=1S/C13H27NO2/c1-4-7-14-13(5-8-15)6-9-16-12(10-13)11(2)3/h11-12,14-15H,4-10H2,1-3H3. The van der Waals surface area contributed by atoms with E-state index in [-0.39, 0.29) is 12.1 Å². The Kier molecular flexibility index (Phi) is 5.73. The highest BCUT2D eigenvalue weighted by atomic mass is 16.5. The van der Waals surface area contributed by atoms with Gasteiger partial charge in [-0.05, 0) is 38.1 Å². The lowest BCUT2D eigenvalue weighted by atomic mass is 9.81. The molecular formula is C13H27NO2. The van der Waals surface area contributed by atoms with Crippen molar-refractivity contribution in [2.75, 3.05) is 19.8 Å². The smallest absolute Gasteiger partial charge is 0.0615 e. The molecule has 0 aliphatic carbocycles. The molecule has 3 heteroatoms. The van der Waals surface area contributed by atoms with Gasteiger partial charge >= 0.3 is 0 Å². The molecule has 1 aliphatic rings. The third-order valence-electron chi connectivity index (χ3n) is 3.59. The van der Waals surface area contributed by atoms with Gasteiger partial charge in [0.15, 0.2) is 0 Å². The van der Waals surface area contributed by atoms with E-state index in [0.717, 1.165) is 38.8 Å². The molecule has 1 heterocycles. The molecule has 0 radical (unpaired) electrons. The molecule has 3 nitrogen and oxygen atoms in total. The molecule has 0 aromatic rings. The van der Waals surface area contributed by atoms with Gasteiger partial charge in [0.05, 0.1) is 6.10 Å². The zero-order valence-corrected chi connectivity index (χ0v) is 11.0. The van der Waals surface area contributed by atoms with Gasteiger partial charge < -0.3 is 15.2 Å². The third-order valence-corrected chi connectivity index (χ3v) is 3.59. The largest absolute Gasteiger partial charge is 0.396 e. The van der Waals surface area contributed by atoms with Crippen LogP contribution in [0.25, 0.3) is 0 Å². The third kappa shape index (κ3) is 3.72. The monoisotopic (exact) mass is 229 g/mol. The van der Waals surface area contributed by atoms with Crippen LogP contribution in [0.15, 0.2) is 0 Å². The fourth-order valence-electron chi connectivity index (χ4n) is 2.46. The highest BCUT2D eigenvalue weighted by Crippen LogP contribution is 2.31. The molecule has 0 bridgehead atoms. The first kappa shape index (κ1) is 13.9. The molecule has 1 rings (SSSR count). The molecule has 0 spiro atoms. The van der Waals surface area contributed by atoms with E-state index in [1.165, 1.54) is 0 Å². The number of rotatable bonds is 6. The summed E-state index contributed by atoms with van der Waals surface area (Å²) in [4.78, 5) is 0. The maximum Gasteiger partial charge on any atom is 0.0615 e. The molecule has 0 amide bonds. The molecule has 0 saturated carbocycles. The van der Waals surface area contributed by atoms with Crippen LogP contribution in [-0.2, 0) is 4.74 Å². The summed E-state index contributed by atoms with van der Waals surface area (Å²) >= 11 is 0. The summed E-state index contributed by atoms with van der Waals surface area (Å²) in [6.45, 7) is 8.71. The maximum absolute atomic E-state index is 9.23. The first-order valence-electron chi connectivity index (χ1n) is 6.61. The van der Waals surface area contributed by atoms with E-state index in [1.54, 1.807) is 0 Å². The van der Waals surface area contributed by atoms with Crippen LogP contribution in [0, 0.1) is 5.92 Å². The van der Waals surface area contributed by atoms with Crippen LogP contribution in [0.1, 0.15) is 46.5 Å². The molecule has 0 aromatic carbocycles. The van der Waals surface area contributed by atoms with Crippen LogP contribution in [0.4, 0.5) is 0 Å². The number of nitrogens with one attached hydrogen (secondary N) is 1. The summed E-state index contributed by atoms with van der Waals surface area (Å²) < 4.78 is 5.80. The molecular weight excluding hydrogens is 202 g/mol. The number of aliphatic hydroxyl groups is 1. The first-order valence-corrected chi connectivity index (χ1v) is 6.61. The van der Waals surface area contributed by atoms with Crippen LogP contribution in [0.3, 0.4) is 0 Å².